The van der Waals surface area contributed by atoms with Crippen LogP contribution in [-0.2, 0) is 4.79 Å². The lowest BCUT2D eigenvalue weighted by Crippen LogP contribution is -2.19. The molecule has 0 radical (unpaired) electrons. The highest BCUT2D eigenvalue weighted by molar-refractivity contribution is 9.10. The van der Waals surface area contributed by atoms with Gasteiger partial charge in [0.1, 0.15) is 0 Å². The van der Waals surface area contributed by atoms with Crippen LogP contribution in [0.2, 0.25) is 0 Å². The number of nitrogens with zero attached hydrogens (tertiary/aromatic N) is 2. The number of amides is 1. The predicted molar refractivity (Wildman–Crippen MR) is 96.7 cm³/mol. The van der Waals surface area contributed by atoms with Crippen molar-refractivity contribution in [1.29, 1.82) is 0 Å². The summed E-state index contributed by atoms with van der Waals surface area (Å²) < 4.78 is 0.926. The lowest BCUT2D eigenvalue weighted by atomic mass is 10.2. The maximum Gasteiger partial charge on any atom is 0.250 e. The molecule has 23 heavy (non-hydrogen) atoms. The van der Waals surface area contributed by atoms with Gasteiger partial charge in [0.2, 0.25) is 0 Å². The van der Waals surface area contributed by atoms with Crippen molar-refractivity contribution in [3.63, 3.8) is 0 Å². The van der Waals surface area contributed by atoms with Gasteiger partial charge in [0, 0.05) is 10.0 Å². The van der Waals surface area contributed by atoms with Crippen LogP contribution in [0.15, 0.2) is 63.3 Å². The first kappa shape index (κ1) is 15.8. The molecule has 0 saturated carbocycles. The number of carbonyl (C=O) groups excluding carboxylic acids is 1. The minimum atomic E-state index is -0.182. The van der Waals surface area contributed by atoms with E-state index in [0.717, 1.165) is 26.2 Å². The van der Waals surface area contributed by atoms with Gasteiger partial charge in [-0.3, -0.25) is 4.79 Å². The van der Waals surface area contributed by atoms with Gasteiger partial charge in [0.15, 0.2) is 5.16 Å². The van der Waals surface area contributed by atoms with Crippen LogP contribution in [0.5, 0.6) is 0 Å². The molecule has 0 unspecified atom stereocenters. The van der Waals surface area contributed by atoms with E-state index >= 15 is 0 Å². The van der Waals surface area contributed by atoms with E-state index in [1.165, 1.54) is 11.8 Å². The Morgan fingerprint density at radius 1 is 1.26 bits per heavy atom. The van der Waals surface area contributed by atoms with Crippen LogP contribution in [0.1, 0.15) is 5.56 Å². The summed E-state index contributed by atoms with van der Waals surface area (Å²) in [5, 5.41) is 4.68. The summed E-state index contributed by atoms with van der Waals surface area (Å²) in [5.41, 5.74) is 5.26. The molecule has 0 aliphatic rings. The molecule has 2 aromatic carbocycles. The van der Waals surface area contributed by atoms with E-state index in [4.69, 9.17) is 0 Å². The van der Waals surface area contributed by atoms with Gasteiger partial charge in [-0.05, 0) is 18.2 Å². The summed E-state index contributed by atoms with van der Waals surface area (Å²) in [6.07, 6.45) is 1.60. The Balaban J connectivity index is 1.52. The van der Waals surface area contributed by atoms with Gasteiger partial charge < -0.3 is 4.98 Å². The standard InChI is InChI=1S/C16H13BrN4OS/c17-12-6-2-1-5-11(12)9-18-21-15(22)10-23-16-19-13-7-3-4-8-14(13)20-16/h1-9H,10H2,(H,19,20)(H,21,22)/b18-9-. The van der Waals surface area contributed by atoms with E-state index in [-0.39, 0.29) is 11.7 Å². The Bertz CT molecular complexity index is 829. The molecule has 2 N–H and O–H groups in total. The second-order valence-electron chi connectivity index (χ2n) is 4.66. The number of halogens is 1. The topological polar surface area (TPSA) is 70.1 Å². The minimum Gasteiger partial charge on any atom is -0.333 e. The highest BCUT2D eigenvalue weighted by Crippen LogP contribution is 2.18. The van der Waals surface area contributed by atoms with Gasteiger partial charge in [0.25, 0.3) is 5.91 Å². The van der Waals surface area contributed by atoms with E-state index in [1.807, 2.05) is 48.5 Å². The summed E-state index contributed by atoms with van der Waals surface area (Å²) in [6.45, 7) is 0. The van der Waals surface area contributed by atoms with E-state index in [0.29, 0.717) is 0 Å². The van der Waals surface area contributed by atoms with E-state index in [9.17, 15) is 4.79 Å². The fourth-order valence-corrected chi connectivity index (χ4v) is 2.98. The van der Waals surface area contributed by atoms with Crippen LogP contribution in [0.4, 0.5) is 0 Å². The summed E-state index contributed by atoms with van der Waals surface area (Å²) in [5.74, 6) is 0.0615. The van der Waals surface area contributed by atoms with Crippen molar-refractivity contribution in [3.05, 3.63) is 58.6 Å². The normalized spacial score (nSPS) is 11.2. The second-order valence-corrected chi connectivity index (χ2v) is 6.48. The Morgan fingerprint density at radius 2 is 2.04 bits per heavy atom. The highest BCUT2D eigenvalue weighted by Gasteiger charge is 2.06. The molecule has 0 aliphatic heterocycles. The SMILES string of the molecule is O=C(CSc1nc2ccccc2[nH]1)N/N=C\c1ccccc1Br. The molecule has 0 saturated heterocycles. The number of aromatic amines is 1. The molecule has 0 fully saturated rings. The summed E-state index contributed by atoms with van der Waals surface area (Å²) in [7, 11) is 0. The first-order valence-corrected chi connectivity index (χ1v) is 8.64. The molecular formula is C16H13BrN4OS. The fraction of sp³-hybridized carbons (Fsp3) is 0.0625. The number of fused-ring (bicyclic) bond motifs is 1. The summed E-state index contributed by atoms with van der Waals surface area (Å²) in [4.78, 5) is 19.4. The van der Waals surface area contributed by atoms with Gasteiger partial charge in [-0.2, -0.15) is 5.10 Å². The highest BCUT2D eigenvalue weighted by atomic mass is 79.9. The van der Waals surface area contributed by atoms with Crippen molar-refractivity contribution in [1.82, 2.24) is 15.4 Å². The number of hydrazone groups is 1. The minimum absolute atomic E-state index is 0.182. The number of hydrogen-bond acceptors (Lipinski definition) is 4. The number of benzene rings is 2. The second kappa shape index (κ2) is 7.43. The quantitative estimate of drug-likeness (QED) is 0.398. The maximum atomic E-state index is 11.8. The Labute approximate surface area is 145 Å². The first-order valence-electron chi connectivity index (χ1n) is 6.86. The molecular weight excluding hydrogens is 376 g/mol. The van der Waals surface area contributed by atoms with Gasteiger partial charge in [0.05, 0.1) is 23.0 Å². The number of rotatable bonds is 5. The molecule has 116 valence electrons. The van der Waals surface area contributed by atoms with Crippen molar-refractivity contribution < 1.29 is 4.79 Å². The molecule has 0 aliphatic carbocycles. The molecule has 1 aromatic heterocycles. The average Bonchev–Trinajstić information content (AvgIpc) is 2.98. The smallest absolute Gasteiger partial charge is 0.250 e. The Kier molecular flexibility index (Phi) is 5.09. The summed E-state index contributed by atoms with van der Waals surface area (Å²) in [6, 6.07) is 15.4. The van der Waals surface area contributed by atoms with Gasteiger partial charge >= 0.3 is 0 Å². The van der Waals surface area contributed by atoms with Crippen LogP contribution in [0.3, 0.4) is 0 Å². The van der Waals surface area contributed by atoms with E-state index in [2.05, 4.69) is 36.4 Å². The van der Waals surface area contributed by atoms with Gasteiger partial charge in [-0.1, -0.05) is 58.0 Å². The number of carbonyl (C=O) groups is 1. The number of imidazole rings is 1. The van der Waals surface area contributed by atoms with E-state index < -0.39 is 0 Å². The first-order chi connectivity index (χ1) is 11.2. The predicted octanol–water partition coefficient (Wildman–Crippen LogP) is 3.57. The molecule has 5 nitrogen and oxygen atoms in total. The molecule has 0 bridgehead atoms. The van der Waals surface area contributed by atoms with Crippen molar-refractivity contribution in [3.8, 4) is 0 Å². The molecule has 1 heterocycles. The van der Waals surface area contributed by atoms with Gasteiger partial charge in [-0.15, -0.1) is 0 Å². The summed E-state index contributed by atoms with van der Waals surface area (Å²) >= 11 is 4.76. The van der Waals surface area contributed by atoms with Crippen molar-refractivity contribution in [2.24, 2.45) is 5.10 Å². The Morgan fingerprint density at radius 3 is 2.87 bits per heavy atom. The van der Waals surface area contributed by atoms with Gasteiger partial charge in [-0.25, -0.2) is 10.4 Å². The zero-order chi connectivity index (χ0) is 16.1. The maximum absolute atomic E-state index is 11.8. The zero-order valence-electron chi connectivity index (χ0n) is 12.0. The monoisotopic (exact) mass is 388 g/mol. The zero-order valence-corrected chi connectivity index (χ0v) is 14.4. The Hall–Kier alpha value is -2.12. The molecule has 7 heteroatoms. The molecule has 1 amide bonds. The van der Waals surface area contributed by atoms with Crippen LogP contribution < -0.4 is 5.43 Å². The largest absolute Gasteiger partial charge is 0.333 e. The lowest BCUT2D eigenvalue weighted by molar-refractivity contribution is -0.118. The fourth-order valence-electron chi connectivity index (χ4n) is 1.92. The van der Waals surface area contributed by atoms with Crippen molar-refractivity contribution in [2.45, 2.75) is 5.16 Å². The lowest BCUT2D eigenvalue weighted by Gasteiger charge is -1.99. The molecule has 3 aromatic rings. The van der Waals surface area contributed by atoms with Crippen molar-refractivity contribution in [2.75, 3.05) is 5.75 Å². The third-order valence-corrected chi connectivity index (χ3v) is 4.60. The van der Waals surface area contributed by atoms with E-state index in [1.54, 1.807) is 6.21 Å². The van der Waals surface area contributed by atoms with Crippen LogP contribution in [-0.4, -0.2) is 27.8 Å². The van der Waals surface area contributed by atoms with Crippen LogP contribution in [0.25, 0.3) is 11.0 Å². The van der Waals surface area contributed by atoms with Crippen LogP contribution in [0, 0.1) is 0 Å². The average molecular weight is 389 g/mol. The molecule has 0 spiro atoms. The third kappa shape index (κ3) is 4.20. The number of para-hydroxylation sites is 2. The third-order valence-electron chi connectivity index (χ3n) is 3.01. The number of hydrogen-bond donors (Lipinski definition) is 2. The molecule has 3 rings (SSSR count). The number of H-pyrrole nitrogens is 1. The number of nitrogens with one attached hydrogen (secondary N) is 2. The van der Waals surface area contributed by atoms with Crippen molar-refractivity contribution >= 4 is 50.8 Å². The number of thioether (sulfide) groups is 1. The van der Waals surface area contributed by atoms with Crippen LogP contribution >= 0.6 is 27.7 Å². The molecule has 0 atom stereocenters. The number of aromatic nitrogens is 2.